The first kappa shape index (κ1) is 18.2. The highest BCUT2D eigenvalue weighted by Gasteiger charge is 2.22. The Morgan fingerprint density at radius 1 is 1.27 bits per heavy atom. The Morgan fingerprint density at radius 2 is 2.12 bits per heavy atom. The molecule has 134 valence electrons. The van der Waals surface area contributed by atoms with Crippen LogP contribution >= 0.6 is 11.8 Å². The van der Waals surface area contributed by atoms with E-state index in [4.69, 9.17) is 4.74 Å². The molecule has 0 aliphatic carbocycles. The molecule has 1 aliphatic rings. The van der Waals surface area contributed by atoms with E-state index in [0.29, 0.717) is 29.3 Å². The van der Waals surface area contributed by atoms with E-state index in [2.05, 4.69) is 10.6 Å². The number of amides is 2. The topological polar surface area (TPSA) is 67.4 Å². The van der Waals surface area contributed by atoms with Gasteiger partial charge in [-0.3, -0.25) is 9.59 Å². The number of hydrogen-bond donors (Lipinski definition) is 2. The molecule has 2 amide bonds. The van der Waals surface area contributed by atoms with Crippen LogP contribution in [-0.4, -0.2) is 32.1 Å². The number of carbonyl (C=O) groups excluding carboxylic acids is 2. The molecule has 26 heavy (non-hydrogen) atoms. The zero-order valence-corrected chi connectivity index (χ0v) is 15.5. The molecule has 0 unspecified atom stereocenters. The van der Waals surface area contributed by atoms with Crippen molar-refractivity contribution in [1.29, 1.82) is 0 Å². The number of fused-ring (bicyclic) bond motifs is 1. The molecule has 5 nitrogen and oxygen atoms in total. The van der Waals surface area contributed by atoms with Crippen molar-refractivity contribution < 1.29 is 14.3 Å². The van der Waals surface area contributed by atoms with E-state index in [1.807, 2.05) is 43.3 Å². The molecule has 2 N–H and O–H groups in total. The smallest absolute Gasteiger partial charge is 0.262 e. The summed E-state index contributed by atoms with van der Waals surface area (Å²) in [6.45, 7) is 2.91. The van der Waals surface area contributed by atoms with Gasteiger partial charge >= 0.3 is 0 Å². The molecular weight excluding hydrogens is 348 g/mol. The summed E-state index contributed by atoms with van der Waals surface area (Å²) in [6, 6.07) is 13.3. The van der Waals surface area contributed by atoms with E-state index in [0.717, 1.165) is 16.0 Å². The normalized spacial score (nSPS) is 14.7. The number of benzene rings is 2. The van der Waals surface area contributed by atoms with Crippen molar-refractivity contribution in [3.63, 3.8) is 0 Å². The zero-order valence-electron chi connectivity index (χ0n) is 14.7. The van der Waals surface area contributed by atoms with E-state index in [-0.39, 0.29) is 11.8 Å². The summed E-state index contributed by atoms with van der Waals surface area (Å²) >= 11 is 1.41. The van der Waals surface area contributed by atoms with Gasteiger partial charge in [0, 0.05) is 24.1 Å². The molecule has 0 radical (unpaired) electrons. The maximum atomic E-state index is 12.4. The molecule has 0 saturated carbocycles. The van der Waals surface area contributed by atoms with Gasteiger partial charge in [0.1, 0.15) is 0 Å². The first-order valence-electron chi connectivity index (χ1n) is 8.25. The number of nitrogens with one attached hydrogen (secondary N) is 2. The Kier molecular flexibility index (Phi) is 5.75. The van der Waals surface area contributed by atoms with Crippen LogP contribution in [0.4, 0.5) is 5.69 Å². The van der Waals surface area contributed by atoms with E-state index >= 15 is 0 Å². The molecule has 0 saturated heterocycles. The second kappa shape index (κ2) is 8.21. The van der Waals surface area contributed by atoms with Crippen LogP contribution in [0.25, 0.3) is 6.08 Å². The van der Waals surface area contributed by atoms with Crippen molar-refractivity contribution in [3.8, 4) is 0 Å². The second-order valence-corrected chi connectivity index (χ2v) is 7.02. The van der Waals surface area contributed by atoms with Gasteiger partial charge < -0.3 is 15.4 Å². The van der Waals surface area contributed by atoms with Crippen LogP contribution in [0, 0.1) is 6.92 Å². The minimum Gasteiger partial charge on any atom is -0.383 e. The highest BCUT2D eigenvalue weighted by Crippen LogP contribution is 2.39. The highest BCUT2D eigenvalue weighted by molar-refractivity contribution is 8.04. The molecule has 0 atom stereocenters. The van der Waals surface area contributed by atoms with Crippen LogP contribution in [0.3, 0.4) is 0 Å². The maximum Gasteiger partial charge on any atom is 0.262 e. The van der Waals surface area contributed by atoms with Gasteiger partial charge in [0.25, 0.3) is 11.8 Å². The molecule has 0 fully saturated rings. The van der Waals surface area contributed by atoms with Gasteiger partial charge in [-0.05, 0) is 36.8 Å². The van der Waals surface area contributed by atoms with Gasteiger partial charge in [-0.1, -0.05) is 41.6 Å². The van der Waals surface area contributed by atoms with Crippen molar-refractivity contribution in [1.82, 2.24) is 5.32 Å². The lowest BCUT2D eigenvalue weighted by Crippen LogP contribution is -2.27. The minimum absolute atomic E-state index is 0.166. The summed E-state index contributed by atoms with van der Waals surface area (Å²) in [4.78, 5) is 26.1. The summed E-state index contributed by atoms with van der Waals surface area (Å²) in [5.41, 5.74) is 3.29. The molecule has 1 heterocycles. The van der Waals surface area contributed by atoms with Crippen molar-refractivity contribution in [2.24, 2.45) is 0 Å². The number of rotatable bonds is 5. The number of anilines is 1. The van der Waals surface area contributed by atoms with Gasteiger partial charge in [0.05, 0.1) is 17.2 Å². The Balaban J connectivity index is 1.78. The standard InChI is InChI=1S/C20H20N2O3S/c1-13-4-3-5-14(10-13)11-18-20(24)22-16-12-15(6-7-17(16)26-18)19(23)21-8-9-25-2/h3-7,10-12H,8-9H2,1-2H3,(H,21,23)(H,22,24). The number of carbonyl (C=O) groups is 2. The first-order valence-corrected chi connectivity index (χ1v) is 9.07. The maximum absolute atomic E-state index is 12.4. The lowest BCUT2D eigenvalue weighted by molar-refractivity contribution is -0.112. The number of thioether (sulfide) groups is 1. The van der Waals surface area contributed by atoms with Crippen LogP contribution in [0.5, 0.6) is 0 Å². The third-order valence-electron chi connectivity index (χ3n) is 3.87. The first-order chi connectivity index (χ1) is 12.6. The van der Waals surface area contributed by atoms with Crippen molar-refractivity contribution >= 4 is 35.3 Å². The minimum atomic E-state index is -0.190. The van der Waals surface area contributed by atoms with Crippen LogP contribution in [0.2, 0.25) is 0 Å². The van der Waals surface area contributed by atoms with E-state index < -0.39 is 0 Å². The largest absolute Gasteiger partial charge is 0.383 e. The fourth-order valence-electron chi connectivity index (χ4n) is 2.58. The van der Waals surface area contributed by atoms with E-state index in [1.54, 1.807) is 19.2 Å². The Morgan fingerprint density at radius 3 is 2.88 bits per heavy atom. The van der Waals surface area contributed by atoms with Crippen LogP contribution in [0.15, 0.2) is 52.3 Å². The SMILES string of the molecule is COCCNC(=O)c1ccc2c(c1)NC(=O)C(=Cc1cccc(C)c1)S2. The summed E-state index contributed by atoms with van der Waals surface area (Å²) in [5.74, 6) is -0.355. The van der Waals surface area contributed by atoms with Gasteiger partial charge in [0.2, 0.25) is 0 Å². The van der Waals surface area contributed by atoms with Crippen molar-refractivity contribution in [2.75, 3.05) is 25.6 Å². The third-order valence-corrected chi connectivity index (χ3v) is 4.96. The Labute approximate surface area is 156 Å². The Bertz CT molecular complexity index is 877. The second-order valence-electron chi connectivity index (χ2n) is 5.94. The van der Waals surface area contributed by atoms with E-state index in [9.17, 15) is 9.59 Å². The van der Waals surface area contributed by atoms with Gasteiger partial charge in [0.15, 0.2) is 0 Å². The predicted octanol–water partition coefficient (Wildman–Crippen LogP) is 3.46. The molecule has 2 aromatic carbocycles. The van der Waals surface area contributed by atoms with Gasteiger partial charge in [-0.25, -0.2) is 0 Å². The zero-order chi connectivity index (χ0) is 18.5. The van der Waals surface area contributed by atoms with Gasteiger partial charge in [-0.15, -0.1) is 0 Å². The van der Waals surface area contributed by atoms with Crippen LogP contribution in [0.1, 0.15) is 21.5 Å². The molecule has 6 heteroatoms. The molecular formula is C20H20N2O3S. The fraction of sp³-hybridized carbons (Fsp3) is 0.200. The quantitative estimate of drug-likeness (QED) is 0.627. The molecule has 1 aliphatic heterocycles. The average molecular weight is 368 g/mol. The average Bonchev–Trinajstić information content (AvgIpc) is 2.62. The van der Waals surface area contributed by atoms with Crippen molar-refractivity contribution in [3.05, 3.63) is 64.1 Å². The summed E-state index contributed by atoms with van der Waals surface area (Å²) in [6.07, 6.45) is 1.88. The highest BCUT2D eigenvalue weighted by atomic mass is 32.2. The summed E-state index contributed by atoms with van der Waals surface area (Å²) in [5, 5.41) is 5.64. The molecule has 0 aromatic heterocycles. The number of aryl methyl sites for hydroxylation is 1. The lowest BCUT2D eigenvalue weighted by Gasteiger charge is -2.19. The predicted molar refractivity (Wildman–Crippen MR) is 104 cm³/mol. The fourth-order valence-corrected chi connectivity index (χ4v) is 3.51. The van der Waals surface area contributed by atoms with E-state index in [1.165, 1.54) is 11.8 Å². The Hall–Kier alpha value is -2.57. The van der Waals surface area contributed by atoms with Crippen LogP contribution < -0.4 is 10.6 Å². The molecule has 3 rings (SSSR count). The monoisotopic (exact) mass is 368 g/mol. The van der Waals surface area contributed by atoms with Crippen LogP contribution in [-0.2, 0) is 9.53 Å². The lowest BCUT2D eigenvalue weighted by atomic mass is 10.1. The molecule has 0 spiro atoms. The number of ether oxygens (including phenoxy) is 1. The third kappa shape index (κ3) is 4.33. The number of methoxy groups -OCH3 is 1. The molecule has 2 aromatic rings. The summed E-state index contributed by atoms with van der Waals surface area (Å²) < 4.78 is 4.92. The number of hydrogen-bond acceptors (Lipinski definition) is 4. The van der Waals surface area contributed by atoms with Crippen molar-refractivity contribution in [2.45, 2.75) is 11.8 Å². The summed E-state index contributed by atoms with van der Waals surface area (Å²) in [7, 11) is 1.58. The molecule has 0 bridgehead atoms. The van der Waals surface area contributed by atoms with Gasteiger partial charge in [-0.2, -0.15) is 0 Å².